The zero-order valence-electron chi connectivity index (χ0n) is 25.4. The molecule has 11 nitrogen and oxygen atoms in total. The lowest BCUT2D eigenvalue weighted by atomic mass is 9.98. The first-order chi connectivity index (χ1) is 21.9. The molecule has 1 unspecified atom stereocenters. The van der Waals surface area contributed by atoms with Crippen LogP contribution in [0.3, 0.4) is 0 Å². The van der Waals surface area contributed by atoms with E-state index in [2.05, 4.69) is 14.9 Å². The molecule has 4 atom stereocenters. The Bertz CT molecular complexity index is 1770. The van der Waals surface area contributed by atoms with Crippen LogP contribution in [0.5, 0.6) is 0 Å². The highest BCUT2D eigenvalue weighted by atomic mass is 35.5. The van der Waals surface area contributed by atoms with Crippen molar-refractivity contribution in [2.45, 2.75) is 87.9 Å². The molecule has 7 rings (SSSR count). The largest absolute Gasteiger partial charge is 0.375 e. The van der Waals surface area contributed by atoms with Crippen molar-refractivity contribution >= 4 is 50.7 Å². The summed E-state index contributed by atoms with van der Waals surface area (Å²) < 4.78 is 45.7. The van der Waals surface area contributed by atoms with Gasteiger partial charge in [0.05, 0.1) is 51.4 Å². The number of benzene rings is 1. The number of carbonyl (C=O) groups excluding carboxylic acids is 2. The van der Waals surface area contributed by atoms with Crippen molar-refractivity contribution in [2.75, 3.05) is 11.5 Å². The molecule has 244 valence electrons. The third-order valence-corrected chi connectivity index (χ3v) is 11.8. The van der Waals surface area contributed by atoms with Crippen molar-refractivity contribution in [3.05, 3.63) is 63.6 Å². The second-order valence-electron chi connectivity index (χ2n) is 13.1. The van der Waals surface area contributed by atoms with Gasteiger partial charge in [-0.3, -0.25) is 9.59 Å². The number of carbonyl (C=O) groups is 2. The van der Waals surface area contributed by atoms with Crippen LogP contribution >= 0.6 is 23.2 Å². The van der Waals surface area contributed by atoms with Crippen molar-refractivity contribution in [1.29, 1.82) is 0 Å². The summed E-state index contributed by atoms with van der Waals surface area (Å²) in [5, 5.41) is 4.53. The highest BCUT2D eigenvalue weighted by Gasteiger charge is 2.52. The summed E-state index contributed by atoms with van der Waals surface area (Å²) in [5.74, 6) is -0.160. The van der Waals surface area contributed by atoms with E-state index in [1.165, 1.54) is 12.3 Å². The minimum absolute atomic E-state index is 0.0497. The maximum Gasteiger partial charge on any atom is 0.283 e. The van der Waals surface area contributed by atoms with Gasteiger partial charge in [0.15, 0.2) is 0 Å². The second kappa shape index (κ2) is 11.9. The SMILES string of the molecule is CC1(C)CC(S(=O)(=O)NC(=O)c2ccc(N3C(=O)[C@@H]4C[C@H]3C[C@H]4OCc3c(-c4c(Cl)cccc4Cl)noc3C3CC3)cn2)CCO1. The zero-order valence-corrected chi connectivity index (χ0v) is 27.7. The van der Waals surface area contributed by atoms with E-state index >= 15 is 0 Å². The quantitative estimate of drug-likeness (QED) is 0.302. The van der Waals surface area contributed by atoms with Crippen LogP contribution in [0, 0.1) is 5.92 Å². The highest BCUT2D eigenvalue weighted by Crippen LogP contribution is 2.47. The summed E-state index contributed by atoms with van der Waals surface area (Å²) in [7, 11) is -3.92. The average molecular weight is 690 g/mol. The van der Waals surface area contributed by atoms with Crippen LogP contribution in [0.4, 0.5) is 5.69 Å². The Hall–Kier alpha value is -3.03. The number of hydrogen-bond acceptors (Lipinski definition) is 9. The molecule has 2 bridgehead atoms. The van der Waals surface area contributed by atoms with Gasteiger partial charge in [-0.05, 0) is 76.6 Å². The Morgan fingerprint density at radius 2 is 1.89 bits per heavy atom. The minimum Gasteiger partial charge on any atom is -0.375 e. The molecule has 2 aliphatic heterocycles. The Labute approximate surface area is 277 Å². The number of rotatable bonds is 9. The summed E-state index contributed by atoms with van der Waals surface area (Å²) >= 11 is 13.0. The van der Waals surface area contributed by atoms with Crippen LogP contribution < -0.4 is 9.62 Å². The van der Waals surface area contributed by atoms with E-state index in [4.69, 9.17) is 37.2 Å². The van der Waals surface area contributed by atoms with Crippen LogP contribution in [0.1, 0.15) is 80.1 Å². The number of pyridine rings is 1. The molecule has 14 heteroatoms. The Morgan fingerprint density at radius 1 is 1.13 bits per heavy atom. The van der Waals surface area contributed by atoms with Gasteiger partial charge in [0.25, 0.3) is 5.91 Å². The topological polar surface area (TPSA) is 141 Å². The highest BCUT2D eigenvalue weighted by molar-refractivity contribution is 7.90. The van der Waals surface area contributed by atoms with Gasteiger partial charge in [0.2, 0.25) is 15.9 Å². The Balaban J connectivity index is 1.00. The van der Waals surface area contributed by atoms with Crippen molar-refractivity contribution in [2.24, 2.45) is 5.92 Å². The summed E-state index contributed by atoms with van der Waals surface area (Å²) in [4.78, 5) is 32.2. The number of sulfonamides is 1. The first kappa shape index (κ1) is 31.6. The van der Waals surface area contributed by atoms with Gasteiger partial charge in [-0.2, -0.15) is 0 Å². The van der Waals surface area contributed by atoms with Gasteiger partial charge in [0.1, 0.15) is 17.1 Å². The van der Waals surface area contributed by atoms with Gasteiger partial charge in [-0.1, -0.05) is 34.4 Å². The van der Waals surface area contributed by atoms with E-state index < -0.39 is 26.8 Å². The lowest BCUT2D eigenvalue weighted by Crippen LogP contribution is -2.46. The molecule has 2 aromatic heterocycles. The third-order valence-electron chi connectivity index (χ3n) is 9.39. The molecule has 2 aliphatic carbocycles. The molecule has 0 radical (unpaired) electrons. The summed E-state index contributed by atoms with van der Waals surface area (Å²) in [5.41, 5.74) is 1.89. The van der Waals surface area contributed by atoms with Crippen LogP contribution in [0.25, 0.3) is 11.3 Å². The fourth-order valence-electron chi connectivity index (χ4n) is 6.93. The maximum atomic E-state index is 13.5. The van der Waals surface area contributed by atoms with E-state index in [0.29, 0.717) is 52.9 Å². The fourth-order valence-corrected chi connectivity index (χ4v) is 9.07. The molecule has 4 aliphatic rings. The molecular formula is C32H34Cl2N4O7S. The number of nitrogens with zero attached hydrogens (tertiary/aromatic N) is 3. The number of halogens is 2. The number of piperidine rings is 1. The first-order valence-electron chi connectivity index (χ1n) is 15.5. The van der Waals surface area contributed by atoms with Crippen molar-refractivity contribution in [3.63, 3.8) is 0 Å². The molecule has 3 aromatic rings. The summed E-state index contributed by atoms with van der Waals surface area (Å²) in [6.07, 6.45) is 5.02. The molecule has 2 saturated carbocycles. The molecule has 2 amide bonds. The second-order valence-corrected chi connectivity index (χ2v) is 15.9. The Morgan fingerprint density at radius 3 is 2.54 bits per heavy atom. The number of nitrogens with one attached hydrogen (secondary N) is 1. The summed E-state index contributed by atoms with van der Waals surface area (Å²) in [6.45, 7) is 4.17. The molecule has 46 heavy (non-hydrogen) atoms. The first-order valence-corrected chi connectivity index (χ1v) is 17.8. The number of anilines is 1. The molecular weight excluding hydrogens is 655 g/mol. The van der Waals surface area contributed by atoms with E-state index in [9.17, 15) is 18.0 Å². The van der Waals surface area contributed by atoms with Crippen molar-refractivity contribution in [1.82, 2.24) is 14.9 Å². The number of ether oxygens (including phenoxy) is 2. The molecule has 1 N–H and O–H groups in total. The molecule has 2 saturated heterocycles. The maximum absolute atomic E-state index is 13.5. The standard InChI is InChI=1S/C32H34Cl2N4O7S/c1-32(2)14-20(10-11-44-32)46(41,42)37-30(39)25-9-8-18(15-35-25)38-19-12-21(31(38)40)26(13-19)43-16-22-28(36-45-29(22)17-6-7-17)27-23(33)4-3-5-24(27)34/h3-5,8-9,15,17,19-21,26H,6-7,10-14,16H2,1-2H3,(H,37,39)/t19-,20?,21+,26+/m0/s1. The van der Waals surface area contributed by atoms with Crippen LogP contribution in [-0.4, -0.2) is 60.0 Å². The van der Waals surface area contributed by atoms with Gasteiger partial charge in [0, 0.05) is 29.7 Å². The number of aromatic nitrogens is 2. The Kier molecular flexibility index (Phi) is 8.16. The molecule has 4 fully saturated rings. The van der Waals surface area contributed by atoms with Crippen LogP contribution in [0.15, 0.2) is 41.1 Å². The predicted molar refractivity (Wildman–Crippen MR) is 170 cm³/mol. The van der Waals surface area contributed by atoms with Gasteiger partial charge < -0.3 is 18.9 Å². The number of hydrogen-bond donors (Lipinski definition) is 1. The minimum atomic E-state index is -3.92. The third kappa shape index (κ3) is 5.94. The lowest BCUT2D eigenvalue weighted by molar-refractivity contribution is -0.126. The van der Waals surface area contributed by atoms with Crippen LogP contribution in [-0.2, 0) is 30.9 Å². The smallest absolute Gasteiger partial charge is 0.283 e. The normalized spacial score (nSPS) is 25.7. The number of amides is 2. The monoisotopic (exact) mass is 688 g/mol. The lowest BCUT2D eigenvalue weighted by Gasteiger charge is -2.34. The van der Waals surface area contributed by atoms with Crippen molar-refractivity contribution in [3.8, 4) is 11.3 Å². The van der Waals surface area contributed by atoms with E-state index in [0.717, 1.165) is 24.2 Å². The van der Waals surface area contributed by atoms with Gasteiger partial charge in [-0.25, -0.2) is 18.1 Å². The van der Waals surface area contributed by atoms with Crippen molar-refractivity contribution < 1.29 is 32.0 Å². The van der Waals surface area contributed by atoms with Gasteiger partial charge >= 0.3 is 0 Å². The van der Waals surface area contributed by atoms with E-state index in [-0.39, 0.29) is 48.6 Å². The van der Waals surface area contributed by atoms with Crippen LogP contribution in [0.2, 0.25) is 10.0 Å². The molecule has 4 heterocycles. The average Bonchev–Trinajstić information content (AvgIpc) is 3.51. The fraction of sp³-hybridized carbons (Fsp3) is 0.500. The molecule has 0 spiro atoms. The van der Waals surface area contributed by atoms with Gasteiger partial charge in [-0.15, -0.1) is 0 Å². The summed E-state index contributed by atoms with van der Waals surface area (Å²) in [6, 6.07) is 8.25. The predicted octanol–water partition coefficient (Wildman–Crippen LogP) is 5.65. The van der Waals surface area contributed by atoms with E-state index in [1.807, 2.05) is 13.8 Å². The zero-order chi connectivity index (χ0) is 32.4. The number of fused-ring (bicyclic) bond motifs is 2. The molecule has 1 aromatic carbocycles. The van der Waals surface area contributed by atoms with E-state index in [1.54, 1.807) is 29.2 Å².